The molecule has 0 aliphatic carbocycles. The van der Waals surface area contributed by atoms with Crippen LogP contribution in [0.3, 0.4) is 0 Å². The Morgan fingerprint density at radius 3 is 2.56 bits per heavy atom. The summed E-state index contributed by atoms with van der Waals surface area (Å²) in [7, 11) is 0. The van der Waals surface area contributed by atoms with Crippen LogP contribution in [0, 0.1) is 15.9 Å². The first kappa shape index (κ1) is 10.4. The Bertz CT molecular complexity index is 509. The van der Waals surface area contributed by atoms with Crippen molar-refractivity contribution in [1.82, 2.24) is 4.57 Å². The van der Waals surface area contributed by atoms with Gasteiger partial charge in [-0.25, -0.2) is 0 Å². The van der Waals surface area contributed by atoms with Crippen molar-refractivity contribution in [3.63, 3.8) is 0 Å². The van der Waals surface area contributed by atoms with Crippen molar-refractivity contribution < 1.29 is 9.31 Å². The van der Waals surface area contributed by atoms with Gasteiger partial charge in [-0.05, 0) is 23.8 Å². The van der Waals surface area contributed by atoms with E-state index in [1.807, 2.05) is 29.1 Å². The molecule has 0 saturated heterocycles. The maximum atomic E-state index is 13.3. The van der Waals surface area contributed by atoms with Crippen LogP contribution < -0.4 is 0 Å². The van der Waals surface area contributed by atoms with E-state index in [1.165, 1.54) is 12.1 Å². The molecule has 2 aromatic rings. The van der Waals surface area contributed by atoms with E-state index in [4.69, 9.17) is 0 Å². The molecule has 1 aromatic heterocycles. The van der Waals surface area contributed by atoms with Crippen LogP contribution in [0.25, 0.3) is 0 Å². The fourth-order valence-corrected chi connectivity index (χ4v) is 1.48. The number of rotatable bonds is 3. The summed E-state index contributed by atoms with van der Waals surface area (Å²) in [6, 6.07) is 7.66. The fourth-order valence-electron chi connectivity index (χ4n) is 1.48. The average molecular weight is 220 g/mol. The molecular weight excluding hydrogens is 211 g/mol. The monoisotopic (exact) mass is 220 g/mol. The maximum Gasteiger partial charge on any atom is 0.304 e. The molecule has 2 rings (SSSR count). The summed E-state index contributed by atoms with van der Waals surface area (Å²) in [5.74, 6) is -0.797. The molecule has 0 saturated carbocycles. The van der Waals surface area contributed by atoms with E-state index in [2.05, 4.69) is 0 Å². The lowest BCUT2D eigenvalue weighted by molar-refractivity contribution is -0.387. The number of hydrogen-bond donors (Lipinski definition) is 0. The highest BCUT2D eigenvalue weighted by atomic mass is 19.1. The molecule has 82 valence electrons. The second-order valence-corrected chi connectivity index (χ2v) is 3.40. The quantitative estimate of drug-likeness (QED) is 0.589. The first-order valence-electron chi connectivity index (χ1n) is 4.70. The van der Waals surface area contributed by atoms with E-state index in [1.54, 1.807) is 6.07 Å². The van der Waals surface area contributed by atoms with Crippen LogP contribution in [-0.4, -0.2) is 9.49 Å². The minimum absolute atomic E-state index is 0.490. The Morgan fingerprint density at radius 1 is 1.31 bits per heavy atom. The Morgan fingerprint density at radius 2 is 2.00 bits per heavy atom. The molecule has 0 aliphatic heterocycles. The maximum absolute atomic E-state index is 13.3. The topological polar surface area (TPSA) is 48.1 Å². The number of nitrogens with zero attached hydrogens (tertiary/aromatic N) is 2. The zero-order valence-corrected chi connectivity index (χ0v) is 8.34. The summed E-state index contributed by atoms with van der Waals surface area (Å²) < 4.78 is 15.1. The van der Waals surface area contributed by atoms with Crippen LogP contribution in [-0.2, 0) is 6.54 Å². The molecule has 0 atom stereocenters. The zero-order valence-electron chi connectivity index (χ0n) is 8.34. The van der Waals surface area contributed by atoms with Crippen LogP contribution in [0.5, 0.6) is 0 Å². The van der Waals surface area contributed by atoms with Crippen molar-refractivity contribution in [3.8, 4) is 0 Å². The van der Waals surface area contributed by atoms with Crippen molar-refractivity contribution in [2.45, 2.75) is 6.54 Å². The molecule has 0 spiro atoms. The molecule has 4 nitrogen and oxygen atoms in total. The minimum atomic E-state index is -0.797. The molecule has 0 N–H and O–H groups in total. The van der Waals surface area contributed by atoms with E-state index < -0.39 is 16.4 Å². The van der Waals surface area contributed by atoms with E-state index in [-0.39, 0.29) is 0 Å². The molecule has 0 bridgehead atoms. The van der Waals surface area contributed by atoms with Crippen LogP contribution in [0.4, 0.5) is 10.1 Å². The minimum Gasteiger partial charge on any atom is -0.350 e. The predicted molar refractivity (Wildman–Crippen MR) is 56.6 cm³/mol. The van der Waals surface area contributed by atoms with Crippen molar-refractivity contribution in [2.24, 2.45) is 0 Å². The summed E-state index contributed by atoms with van der Waals surface area (Å²) in [6.45, 7) is 0.502. The normalized spacial score (nSPS) is 10.3. The molecule has 1 aromatic carbocycles. The lowest BCUT2D eigenvalue weighted by Crippen LogP contribution is -1.98. The van der Waals surface area contributed by atoms with Gasteiger partial charge in [0.2, 0.25) is 5.82 Å². The Balaban J connectivity index is 2.24. The highest BCUT2D eigenvalue weighted by Gasteiger charge is 2.13. The number of halogens is 1. The molecule has 0 amide bonds. The third-order valence-electron chi connectivity index (χ3n) is 2.24. The van der Waals surface area contributed by atoms with E-state index in [9.17, 15) is 14.5 Å². The lowest BCUT2D eigenvalue weighted by Gasteiger charge is -2.03. The first-order valence-corrected chi connectivity index (χ1v) is 4.70. The third-order valence-corrected chi connectivity index (χ3v) is 2.24. The van der Waals surface area contributed by atoms with Crippen LogP contribution in [0.2, 0.25) is 0 Å². The van der Waals surface area contributed by atoms with Gasteiger partial charge in [-0.3, -0.25) is 10.1 Å². The van der Waals surface area contributed by atoms with E-state index in [0.717, 1.165) is 0 Å². The number of aromatic nitrogens is 1. The highest BCUT2D eigenvalue weighted by Crippen LogP contribution is 2.18. The van der Waals surface area contributed by atoms with Gasteiger partial charge in [-0.2, -0.15) is 4.39 Å². The summed E-state index contributed by atoms with van der Waals surface area (Å²) in [6.07, 6.45) is 3.69. The second-order valence-electron chi connectivity index (χ2n) is 3.40. The Labute approximate surface area is 91.1 Å². The average Bonchev–Trinajstić information content (AvgIpc) is 2.70. The van der Waals surface area contributed by atoms with Crippen molar-refractivity contribution in [2.75, 3.05) is 0 Å². The molecule has 0 aliphatic rings. The molecular formula is C11H9FN2O2. The van der Waals surface area contributed by atoms with Gasteiger partial charge in [-0.1, -0.05) is 6.07 Å². The molecule has 5 heteroatoms. The van der Waals surface area contributed by atoms with E-state index in [0.29, 0.717) is 12.1 Å². The molecule has 0 fully saturated rings. The smallest absolute Gasteiger partial charge is 0.304 e. The second kappa shape index (κ2) is 4.14. The SMILES string of the molecule is O=[N+]([O-])c1ccc(Cn2cccc2)cc1F. The standard InChI is InChI=1S/C11H9FN2O2/c12-10-7-9(3-4-11(10)14(15)16)8-13-5-1-2-6-13/h1-7H,8H2. The molecule has 0 radical (unpaired) electrons. The number of nitro benzene ring substituents is 1. The van der Waals surface area contributed by atoms with Gasteiger partial charge in [0.15, 0.2) is 0 Å². The van der Waals surface area contributed by atoms with Gasteiger partial charge in [0, 0.05) is 25.0 Å². The number of hydrogen-bond acceptors (Lipinski definition) is 2. The molecule has 16 heavy (non-hydrogen) atoms. The van der Waals surface area contributed by atoms with Crippen molar-refractivity contribution in [1.29, 1.82) is 0 Å². The predicted octanol–water partition coefficient (Wildman–Crippen LogP) is 2.58. The third kappa shape index (κ3) is 2.08. The number of benzene rings is 1. The van der Waals surface area contributed by atoms with Crippen molar-refractivity contribution in [3.05, 3.63) is 64.2 Å². The van der Waals surface area contributed by atoms with Gasteiger partial charge in [0.1, 0.15) is 0 Å². The Kier molecular flexibility index (Phi) is 2.68. The van der Waals surface area contributed by atoms with Crippen LogP contribution >= 0.6 is 0 Å². The van der Waals surface area contributed by atoms with Crippen LogP contribution in [0.1, 0.15) is 5.56 Å². The first-order chi connectivity index (χ1) is 7.66. The molecule has 1 heterocycles. The number of nitro groups is 1. The van der Waals surface area contributed by atoms with E-state index >= 15 is 0 Å². The van der Waals surface area contributed by atoms with Gasteiger partial charge in [0.05, 0.1) is 4.92 Å². The summed E-state index contributed by atoms with van der Waals surface area (Å²) in [4.78, 5) is 9.68. The summed E-state index contributed by atoms with van der Waals surface area (Å²) in [5.41, 5.74) is 0.204. The highest BCUT2D eigenvalue weighted by molar-refractivity contribution is 5.35. The van der Waals surface area contributed by atoms with Gasteiger partial charge in [0.25, 0.3) is 0 Å². The summed E-state index contributed by atoms with van der Waals surface area (Å²) >= 11 is 0. The van der Waals surface area contributed by atoms with Crippen molar-refractivity contribution >= 4 is 5.69 Å². The summed E-state index contributed by atoms with van der Waals surface area (Å²) in [5, 5.41) is 10.4. The lowest BCUT2D eigenvalue weighted by atomic mass is 10.2. The van der Waals surface area contributed by atoms with Crippen LogP contribution in [0.15, 0.2) is 42.7 Å². The molecule has 0 unspecified atom stereocenters. The van der Waals surface area contributed by atoms with Gasteiger partial charge < -0.3 is 4.57 Å². The fraction of sp³-hybridized carbons (Fsp3) is 0.0909. The zero-order chi connectivity index (χ0) is 11.5. The van der Waals surface area contributed by atoms with Gasteiger partial charge in [-0.15, -0.1) is 0 Å². The van der Waals surface area contributed by atoms with Gasteiger partial charge >= 0.3 is 5.69 Å². The largest absolute Gasteiger partial charge is 0.350 e. The Hall–Kier alpha value is -2.17.